The zero-order valence-corrected chi connectivity index (χ0v) is 20.8. The van der Waals surface area contributed by atoms with Crippen molar-refractivity contribution in [3.8, 4) is 22.8 Å². The third-order valence-electron chi connectivity index (χ3n) is 5.64. The molecule has 180 valence electrons. The minimum absolute atomic E-state index is 0.0938. The van der Waals surface area contributed by atoms with E-state index in [2.05, 4.69) is 17.1 Å². The highest BCUT2D eigenvalue weighted by Gasteiger charge is 2.22. The van der Waals surface area contributed by atoms with E-state index in [4.69, 9.17) is 20.4 Å². The first-order valence-electron chi connectivity index (χ1n) is 11.6. The predicted molar refractivity (Wildman–Crippen MR) is 143 cm³/mol. The van der Waals surface area contributed by atoms with E-state index in [1.165, 1.54) is 5.56 Å². The van der Waals surface area contributed by atoms with Crippen LogP contribution in [0.15, 0.2) is 84.0 Å². The summed E-state index contributed by atoms with van der Waals surface area (Å²) in [5, 5.41) is 0.707. The van der Waals surface area contributed by atoms with Crippen LogP contribution in [0.3, 0.4) is 0 Å². The Hall–Kier alpha value is -4.17. The molecule has 0 fully saturated rings. The quantitative estimate of drug-likeness (QED) is 0.282. The van der Waals surface area contributed by atoms with Crippen LogP contribution in [0, 0.1) is 6.92 Å². The van der Waals surface area contributed by atoms with Gasteiger partial charge >= 0.3 is 0 Å². The van der Waals surface area contributed by atoms with Gasteiger partial charge in [0.25, 0.3) is 5.91 Å². The fourth-order valence-corrected chi connectivity index (χ4v) is 4.82. The SMILES string of the molecule is CCOc1ccc(-c2nc(C(N)=O)c3nc(SCc4ccccc4)n(-c4ccc(C)cc4)c3n2)cc1. The van der Waals surface area contributed by atoms with E-state index in [1.807, 2.05) is 85.1 Å². The number of amides is 1. The maximum Gasteiger partial charge on any atom is 0.269 e. The van der Waals surface area contributed by atoms with Gasteiger partial charge in [-0.1, -0.05) is 59.8 Å². The average molecular weight is 496 g/mol. The maximum atomic E-state index is 12.5. The molecule has 0 aliphatic rings. The number of ether oxygens (including phenoxy) is 1. The Kier molecular flexibility index (Phi) is 6.69. The molecular weight excluding hydrogens is 470 g/mol. The highest BCUT2D eigenvalue weighted by atomic mass is 32.2. The molecule has 0 atom stereocenters. The van der Waals surface area contributed by atoms with Gasteiger partial charge in [-0.3, -0.25) is 9.36 Å². The minimum atomic E-state index is -0.650. The first-order chi connectivity index (χ1) is 17.5. The lowest BCUT2D eigenvalue weighted by atomic mass is 10.2. The molecule has 0 bridgehead atoms. The summed E-state index contributed by atoms with van der Waals surface area (Å²) < 4.78 is 7.52. The summed E-state index contributed by atoms with van der Waals surface area (Å²) in [4.78, 5) is 26.7. The van der Waals surface area contributed by atoms with Crippen molar-refractivity contribution in [3.63, 3.8) is 0 Å². The maximum absolute atomic E-state index is 12.5. The van der Waals surface area contributed by atoms with Gasteiger partial charge < -0.3 is 10.5 Å². The highest BCUT2D eigenvalue weighted by molar-refractivity contribution is 7.98. The number of aryl methyl sites for hydroxylation is 1. The van der Waals surface area contributed by atoms with Crippen LogP contribution in [0.2, 0.25) is 0 Å². The first-order valence-corrected chi connectivity index (χ1v) is 12.6. The lowest BCUT2D eigenvalue weighted by Crippen LogP contribution is -2.15. The third-order valence-corrected chi connectivity index (χ3v) is 6.65. The van der Waals surface area contributed by atoms with Crippen LogP contribution in [0.4, 0.5) is 0 Å². The van der Waals surface area contributed by atoms with E-state index in [-0.39, 0.29) is 5.69 Å². The summed E-state index contributed by atoms with van der Waals surface area (Å²) in [5.74, 6) is 1.21. The van der Waals surface area contributed by atoms with E-state index in [1.54, 1.807) is 11.8 Å². The van der Waals surface area contributed by atoms with Gasteiger partial charge in [-0.15, -0.1) is 0 Å². The van der Waals surface area contributed by atoms with E-state index < -0.39 is 5.91 Å². The molecule has 0 aliphatic heterocycles. The molecule has 0 aliphatic carbocycles. The van der Waals surface area contributed by atoms with Crippen molar-refractivity contribution in [3.05, 3.63) is 95.7 Å². The molecule has 0 saturated heterocycles. The zero-order chi connectivity index (χ0) is 25.1. The molecule has 2 N–H and O–H groups in total. The van der Waals surface area contributed by atoms with Gasteiger partial charge in [0.05, 0.1) is 6.61 Å². The lowest BCUT2D eigenvalue weighted by Gasteiger charge is -2.10. The summed E-state index contributed by atoms with van der Waals surface area (Å²) in [6.45, 7) is 4.55. The molecule has 7 nitrogen and oxygen atoms in total. The number of thioether (sulfide) groups is 1. The molecule has 36 heavy (non-hydrogen) atoms. The van der Waals surface area contributed by atoms with Gasteiger partial charge in [-0.2, -0.15) is 0 Å². The second-order valence-corrected chi connectivity index (χ2v) is 9.17. The Morgan fingerprint density at radius 3 is 2.33 bits per heavy atom. The molecular formula is C28H25N5O2S. The number of aromatic nitrogens is 4. The van der Waals surface area contributed by atoms with Crippen molar-refractivity contribution in [1.82, 2.24) is 19.5 Å². The van der Waals surface area contributed by atoms with Crippen molar-refractivity contribution in [2.24, 2.45) is 5.73 Å². The van der Waals surface area contributed by atoms with E-state index >= 15 is 0 Å². The van der Waals surface area contributed by atoms with Crippen LogP contribution in [-0.4, -0.2) is 32.0 Å². The van der Waals surface area contributed by atoms with Crippen LogP contribution in [0.25, 0.3) is 28.2 Å². The molecule has 2 heterocycles. The van der Waals surface area contributed by atoms with Crippen LogP contribution in [0.1, 0.15) is 28.5 Å². The molecule has 8 heteroatoms. The number of nitrogens with zero attached hydrogens (tertiary/aromatic N) is 4. The summed E-state index contributed by atoms with van der Waals surface area (Å²) in [6, 6.07) is 25.7. The molecule has 2 aromatic heterocycles. The molecule has 0 radical (unpaired) electrons. The number of carbonyl (C=O) groups excluding carboxylic acids is 1. The molecule has 5 rings (SSSR count). The number of rotatable bonds is 8. The molecule has 5 aromatic rings. The molecule has 3 aromatic carbocycles. The third kappa shape index (κ3) is 4.81. The number of carbonyl (C=O) groups is 1. The summed E-state index contributed by atoms with van der Waals surface area (Å²) in [6.07, 6.45) is 0. The smallest absolute Gasteiger partial charge is 0.269 e. The summed E-state index contributed by atoms with van der Waals surface area (Å²) in [5.41, 5.74) is 10.7. The van der Waals surface area contributed by atoms with E-state index in [9.17, 15) is 4.79 Å². The van der Waals surface area contributed by atoms with Crippen molar-refractivity contribution >= 4 is 28.8 Å². The first kappa shape index (κ1) is 23.6. The normalized spacial score (nSPS) is 11.1. The van der Waals surface area contributed by atoms with Crippen molar-refractivity contribution in [2.45, 2.75) is 24.8 Å². The Labute approximate surface area is 213 Å². The number of benzene rings is 3. The van der Waals surface area contributed by atoms with Crippen molar-refractivity contribution < 1.29 is 9.53 Å². The van der Waals surface area contributed by atoms with Gasteiger partial charge in [0.1, 0.15) is 11.3 Å². The van der Waals surface area contributed by atoms with Crippen LogP contribution in [-0.2, 0) is 5.75 Å². The highest BCUT2D eigenvalue weighted by Crippen LogP contribution is 2.32. The fraction of sp³-hybridized carbons (Fsp3) is 0.143. The fourth-order valence-electron chi connectivity index (χ4n) is 3.85. The van der Waals surface area contributed by atoms with Crippen LogP contribution in [0.5, 0.6) is 5.75 Å². The van der Waals surface area contributed by atoms with E-state index in [0.29, 0.717) is 34.5 Å². The average Bonchev–Trinajstić information content (AvgIpc) is 3.27. The molecule has 0 saturated carbocycles. The Morgan fingerprint density at radius 1 is 0.944 bits per heavy atom. The van der Waals surface area contributed by atoms with Crippen LogP contribution >= 0.6 is 11.8 Å². The topological polar surface area (TPSA) is 95.9 Å². The molecule has 0 spiro atoms. The number of imidazole rings is 1. The zero-order valence-electron chi connectivity index (χ0n) is 20.0. The van der Waals surface area contributed by atoms with Gasteiger partial charge in [0.2, 0.25) is 0 Å². The van der Waals surface area contributed by atoms with Gasteiger partial charge in [0, 0.05) is 17.0 Å². The second-order valence-electron chi connectivity index (χ2n) is 8.23. The van der Waals surface area contributed by atoms with Gasteiger partial charge in [-0.25, -0.2) is 15.0 Å². The van der Waals surface area contributed by atoms with Crippen molar-refractivity contribution in [1.29, 1.82) is 0 Å². The molecule has 0 unspecified atom stereocenters. The largest absolute Gasteiger partial charge is 0.494 e. The molecule has 1 amide bonds. The Morgan fingerprint density at radius 2 is 1.67 bits per heavy atom. The number of nitrogens with two attached hydrogens (primary N) is 1. The Balaban J connectivity index is 1.68. The lowest BCUT2D eigenvalue weighted by molar-refractivity contribution is 0.0997. The number of fused-ring (bicyclic) bond motifs is 1. The van der Waals surface area contributed by atoms with Crippen LogP contribution < -0.4 is 10.5 Å². The van der Waals surface area contributed by atoms with Gasteiger partial charge in [-0.05, 0) is 55.8 Å². The predicted octanol–water partition coefficient (Wildman–Crippen LogP) is 5.58. The standard InChI is InChI=1S/C28H25N5O2S/c1-3-35-22-15-11-20(12-16-22)26-30-23(25(29)34)24-27(32-26)33(21-13-9-18(2)10-14-21)28(31-24)36-17-19-7-5-4-6-8-19/h4-16H,3,17H2,1-2H3,(H2,29,34). The number of primary amides is 1. The number of hydrogen-bond acceptors (Lipinski definition) is 6. The summed E-state index contributed by atoms with van der Waals surface area (Å²) in [7, 11) is 0. The Bertz CT molecular complexity index is 1510. The second kappa shape index (κ2) is 10.2. The van der Waals surface area contributed by atoms with E-state index in [0.717, 1.165) is 22.6 Å². The monoisotopic (exact) mass is 495 g/mol. The number of hydrogen-bond donors (Lipinski definition) is 1. The minimum Gasteiger partial charge on any atom is -0.494 e. The van der Waals surface area contributed by atoms with Gasteiger partial charge in [0.15, 0.2) is 22.3 Å². The summed E-state index contributed by atoms with van der Waals surface area (Å²) >= 11 is 1.57. The van der Waals surface area contributed by atoms with Crippen molar-refractivity contribution in [2.75, 3.05) is 6.61 Å².